The number of benzene rings is 1. The molecular formula is C14H20N2O2. The van der Waals surface area contributed by atoms with E-state index in [1.807, 2.05) is 24.3 Å². The van der Waals surface area contributed by atoms with Crippen LogP contribution in [0.5, 0.6) is 0 Å². The lowest BCUT2D eigenvalue weighted by molar-refractivity contribution is -0.120. The molecule has 1 aliphatic heterocycles. The van der Waals surface area contributed by atoms with Gasteiger partial charge in [0.25, 0.3) is 0 Å². The van der Waals surface area contributed by atoms with E-state index in [0.717, 1.165) is 30.7 Å². The number of nitrogens with zero attached hydrogens (tertiary/aromatic N) is 1. The van der Waals surface area contributed by atoms with Crippen molar-refractivity contribution in [3.63, 3.8) is 0 Å². The van der Waals surface area contributed by atoms with Crippen LogP contribution >= 0.6 is 0 Å². The minimum absolute atomic E-state index is 0.0936. The smallest absolute Gasteiger partial charge is 0.229 e. The summed E-state index contributed by atoms with van der Waals surface area (Å²) in [6.07, 6.45) is 2.61. The van der Waals surface area contributed by atoms with Gasteiger partial charge in [-0.2, -0.15) is 0 Å². The molecule has 4 nitrogen and oxygen atoms in total. The summed E-state index contributed by atoms with van der Waals surface area (Å²) in [6, 6.07) is 7.76. The number of carbonyl (C=O) groups is 1. The van der Waals surface area contributed by atoms with Crippen molar-refractivity contribution in [2.75, 3.05) is 18.6 Å². The quantitative estimate of drug-likeness (QED) is 0.882. The summed E-state index contributed by atoms with van der Waals surface area (Å²) in [4.78, 5) is 13.8. The van der Waals surface area contributed by atoms with Crippen molar-refractivity contribution in [1.29, 1.82) is 0 Å². The fourth-order valence-corrected chi connectivity index (χ4v) is 2.17. The second-order valence-electron chi connectivity index (χ2n) is 4.67. The number of nitrogens with two attached hydrogens (primary N) is 1. The van der Waals surface area contributed by atoms with Gasteiger partial charge in [0, 0.05) is 25.9 Å². The molecule has 1 aromatic rings. The van der Waals surface area contributed by atoms with Crippen LogP contribution in [-0.2, 0) is 16.1 Å². The zero-order valence-electron chi connectivity index (χ0n) is 10.8. The van der Waals surface area contributed by atoms with Crippen LogP contribution in [-0.4, -0.2) is 25.7 Å². The SMILES string of the molecule is CN(C(=O)CC1CCCO1)c1cccc(CN)c1. The molecule has 4 heteroatoms. The Labute approximate surface area is 108 Å². The van der Waals surface area contributed by atoms with E-state index in [1.54, 1.807) is 11.9 Å². The molecule has 2 rings (SSSR count). The average Bonchev–Trinajstić information content (AvgIpc) is 2.90. The molecule has 1 unspecified atom stereocenters. The minimum atomic E-state index is 0.0936. The maximum atomic E-state index is 12.1. The number of hydrogen-bond acceptors (Lipinski definition) is 3. The summed E-state index contributed by atoms with van der Waals surface area (Å²) in [7, 11) is 1.80. The Balaban J connectivity index is 2.00. The maximum absolute atomic E-state index is 12.1. The second kappa shape index (κ2) is 5.98. The fourth-order valence-electron chi connectivity index (χ4n) is 2.17. The third kappa shape index (κ3) is 3.09. The highest BCUT2D eigenvalue weighted by molar-refractivity contribution is 5.93. The third-order valence-corrected chi connectivity index (χ3v) is 3.33. The molecule has 1 saturated heterocycles. The highest BCUT2D eigenvalue weighted by Gasteiger charge is 2.21. The van der Waals surface area contributed by atoms with E-state index in [0.29, 0.717) is 13.0 Å². The Morgan fingerprint density at radius 3 is 3.06 bits per heavy atom. The third-order valence-electron chi connectivity index (χ3n) is 3.33. The average molecular weight is 248 g/mol. The zero-order chi connectivity index (χ0) is 13.0. The zero-order valence-corrected chi connectivity index (χ0v) is 10.8. The van der Waals surface area contributed by atoms with E-state index in [-0.39, 0.29) is 12.0 Å². The van der Waals surface area contributed by atoms with E-state index in [1.165, 1.54) is 0 Å². The number of amides is 1. The van der Waals surface area contributed by atoms with Crippen LogP contribution in [0.3, 0.4) is 0 Å². The van der Waals surface area contributed by atoms with Gasteiger partial charge in [0.1, 0.15) is 0 Å². The molecule has 0 spiro atoms. The minimum Gasteiger partial charge on any atom is -0.378 e. The number of ether oxygens (including phenoxy) is 1. The van der Waals surface area contributed by atoms with Crippen LogP contribution in [0.2, 0.25) is 0 Å². The molecule has 0 aliphatic carbocycles. The van der Waals surface area contributed by atoms with Gasteiger partial charge in [0.05, 0.1) is 12.5 Å². The first-order valence-corrected chi connectivity index (χ1v) is 6.38. The van der Waals surface area contributed by atoms with Crippen molar-refractivity contribution < 1.29 is 9.53 Å². The lowest BCUT2D eigenvalue weighted by Crippen LogP contribution is -2.29. The molecule has 18 heavy (non-hydrogen) atoms. The second-order valence-corrected chi connectivity index (χ2v) is 4.67. The molecule has 0 radical (unpaired) electrons. The van der Waals surface area contributed by atoms with Gasteiger partial charge in [-0.1, -0.05) is 12.1 Å². The molecule has 98 valence electrons. The molecule has 0 aromatic heterocycles. The molecule has 1 fully saturated rings. The number of hydrogen-bond donors (Lipinski definition) is 1. The standard InChI is InChI=1S/C14H20N2O2/c1-16(12-5-2-4-11(8-12)10-15)14(17)9-13-6-3-7-18-13/h2,4-5,8,13H,3,6-7,9-10,15H2,1H3. The first kappa shape index (κ1) is 13.1. The first-order valence-electron chi connectivity index (χ1n) is 6.38. The van der Waals surface area contributed by atoms with E-state index in [9.17, 15) is 4.79 Å². The van der Waals surface area contributed by atoms with Gasteiger partial charge in [-0.3, -0.25) is 4.79 Å². The molecule has 1 aromatic carbocycles. The van der Waals surface area contributed by atoms with Crippen molar-refractivity contribution in [2.45, 2.75) is 31.9 Å². The Morgan fingerprint density at radius 1 is 1.56 bits per heavy atom. The van der Waals surface area contributed by atoms with Crippen molar-refractivity contribution in [3.05, 3.63) is 29.8 Å². The molecular weight excluding hydrogens is 228 g/mol. The summed E-state index contributed by atoms with van der Waals surface area (Å²) >= 11 is 0. The summed E-state index contributed by atoms with van der Waals surface area (Å²) < 4.78 is 5.49. The van der Waals surface area contributed by atoms with Crippen LogP contribution in [0.1, 0.15) is 24.8 Å². The lowest BCUT2D eigenvalue weighted by Gasteiger charge is -2.19. The van der Waals surface area contributed by atoms with Gasteiger partial charge in [-0.05, 0) is 30.5 Å². The predicted octanol–water partition coefficient (Wildman–Crippen LogP) is 1.68. The van der Waals surface area contributed by atoms with Crippen molar-refractivity contribution in [3.8, 4) is 0 Å². The Hall–Kier alpha value is -1.39. The summed E-state index contributed by atoms with van der Waals surface area (Å²) in [6.45, 7) is 1.27. The highest BCUT2D eigenvalue weighted by Crippen LogP contribution is 2.20. The number of carbonyl (C=O) groups excluding carboxylic acids is 1. The van der Waals surface area contributed by atoms with Crippen LogP contribution < -0.4 is 10.6 Å². The molecule has 0 saturated carbocycles. The van der Waals surface area contributed by atoms with Crippen LogP contribution in [0.25, 0.3) is 0 Å². The summed E-state index contributed by atoms with van der Waals surface area (Å²) in [5.41, 5.74) is 7.53. The van der Waals surface area contributed by atoms with Crippen LogP contribution in [0, 0.1) is 0 Å². The fraction of sp³-hybridized carbons (Fsp3) is 0.500. The molecule has 1 amide bonds. The van der Waals surface area contributed by atoms with Gasteiger partial charge < -0.3 is 15.4 Å². The van der Waals surface area contributed by atoms with Crippen molar-refractivity contribution in [2.24, 2.45) is 5.73 Å². The molecule has 1 atom stereocenters. The normalized spacial score (nSPS) is 18.9. The van der Waals surface area contributed by atoms with E-state index in [2.05, 4.69) is 0 Å². The Morgan fingerprint density at radius 2 is 2.39 bits per heavy atom. The monoisotopic (exact) mass is 248 g/mol. The lowest BCUT2D eigenvalue weighted by atomic mass is 10.1. The predicted molar refractivity (Wildman–Crippen MR) is 71.3 cm³/mol. The molecule has 1 aliphatic rings. The molecule has 0 bridgehead atoms. The Kier molecular flexibility index (Phi) is 4.33. The number of rotatable bonds is 4. The van der Waals surface area contributed by atoms with E-state index >= 15 is 0 Å². The van der Waals surface area contributed by atoms with Gasteiger partial charge >= 0.3 is 0 Å². The van der Waals surface area contributed by atoms with E-state index in [4.69, 9.17) is 10.5 Å². The maximum Gasteiger partial charge on any atom is 0.229 e. The summed E-state index contributed by atoms with van der Waals surface area (Å²) in [5, 5.41) is 0. The summed E-state index contributed by atoms with van der Waals surface area (Å²) in [5.74, 6) is 0.0936. The van der Waals surface area contributed by atoms with Gasteiger partial charge in [0.15, 0.2) is 0 Å². The first-order chi connectivity index (χ1) is 8.70. The van der Waals surface area contributed by atoms with Crippen molar-refractivity contribution >= 4 is 11.6 Å². The highest BCUT2D eigenvalue weighted by atomic mass is 16.5. The molecule has 1 heterocycles. The van der Waals surface area contributed by atoms with Gasteiger partial charge in [0.2, 0.25) is 5.91 Å². The van der Waals surface area contributed by atoms with Gasteiger partial charge in [-0.15, -0.1) is 0 Å². The van der Waals surface area contributed by atoms with Gasteiger partial charge in [-0.25, -0.2) is 0 Å². The topological polar surface area (TPSA) is 55.6 Å². The van der Waals surface area contributed by atoms with Crippen LogP contribution in [0.4, 0.5) is 5.69 Å². The van der Waals surface area contributed by atoms with E-state index < -0.39 is 0 Å². The molecule has 2 N–H and O–H groups in total. The number of anilines is 1. The van der Waals surface area contributed by atoms with Crippen molar-refractivity contribution in [1.82, 2.24) is 0 Å². The van der Waals surface area contributed by atoms with Crippen LogP contribution in [0.15, 0.2) is 24.3 Å². The largest absolute Gasteiger partial charge is 0.378 e. The Bertz CT molecular complexity index is 414.